The number of unbranched alkanes of at least 4 members (excludes halogenated alkanes) is 1. The van der Waals surface area contributed by atoms with Crippen LogP contribution in [-0.4, -0.2) is 21.1 Å². The Bertz CT molecular complexity index is 408. The van der Waals surface area contributed by atoms with Gasteiger partial charge in [-0.15, -0.1) is 0 Å². The SMILES string of the molecule is CCCCn1c(C2CCCC2)nc(CCSCC)c1N. The summed E-state index contributed by atoms with van der Waals surface area (Å²) in [6.45, 7) is 5.49. The number of thioether (sulfide) groups is 1. The van der Waals surface area contributed by atoms with E-state index in [1.54, 1.807) is 0 Å². The molecule has 0 atom stereocenters. The van der Waals surface area contributed by atoms with E-state index in [9.17, 15) is 0 Å². The molecule has 0 bridgehead atoms. The molecule has 1 aliphatic rings. The molecular formula is C16H29N3S. The van der Waals surface area contributed by atoms with Crippen molar-refractivity contribution in [2.45, 2.75) is 71.3 Å². The van der Waals surface area contributed by atoms with Gasteiger partial charge in [-0.25, -0.2) is 4.98 Å². The number of aryl methyl sites for hydroxylation is 1. The van der Waals surface area contributed by atoms with E-state index in [-0.39, 0.29) is 0 Å². The summed E-state index contributed by atoms with van der Waals surface area (Å²) in [6.07, 6.45) is 8.73. The van der Waals surface area contributed by atoms with Gasteiger partial charge >= 0.3 is 0 Å². The summed E-state index contributed by atoms with van der Waals surface area (Å²) in [5, 5.41) is 0. The number of rotatable bonds is 8. The molecule has 20 heavy (non-hydrogen) atoms. The molecule has 0 unspecified atom stereocenters. The second-order valence-electron chi connectivity index (χ2n) is 5.74. The lowest BCUT2D eigenvalue weighted by Gasteiger charge is -2.13. The average Bonchev–Trinajstić information content (AvgIpc) is 3.06. The van der Waals surface area contributed by atoms with Crippen LogP contribution in [0.2, 0.25) is 0 Å². The number of hydrogen-bond donors (Lipinski definition) is 1. The third-order valence-electron chi connectivity index (χ3n) is 4.26. The molecule has 0 aromatic carbocycles. The maximum atomic E-state index is 6.39. The van der Waals surface area contributed by atoms with Gasteiger partial charge in [-0.3, -0.25) is 0 Å². The van der Waals surface area contributed by atoms with Crippen LogP contribution in [0.5, 0.6) is 0 Å². The van der Waals surface area contributed by atoms with E-state index < -0.39 is 0 Å². The summed E-state index contributed by atoms with van der Waals surface area (Å²) in [5.74, 6) is 5.19. The first-order valence-corrected chi connectivity index (χ1v) is 9.35. The van der Waals surface area contributed by atoms with Crippen LogP contribution in [0.25, 0.3) is 0 Å². The highest BCUT2D eigenvalue weighted by Crippen LogP contribution is 2.35. The molecule has 1 heterocycles. The summed E-state index contributed by atoms with van der Waals surface area (Å²) in [7, 11) is 0. The monoisotopic (exact) mass is 295 g/mol. The Morgan fingerprint density at radius 1 is 1.30 bits per heavy atom. The Kier molecular flexibility index (Phi) is 6.27. The number of nitrogens with zero attached hydrogens (tertiary/aromatic N) is 2. The van der Waals surface area contributed by atoms with Crippen molar-refractivity contribution in [1.29, 1.82) is 0 Å². The Labute approximate surface area is 127 Å². The van der Waals surface area contributed by atoms with Crippen molar-refractivity contribution in [3.8, 4) is 0 Å². The first-order valence-electron chi connectivity index (χ1n) is 8.20. The van der Waals surface area contributed by atoms with Crippen LogP contribution >= 0.6 is 11.8 Å². The van der Waals surface area contributed by atoms with Crippen molar-refractivity contribution in [1.82, 2.24) is 9.55 Å². The number of aromatic nitrogens is 2. The lowest BCUT2D eigenvalue weighted by atomic mass is 10.1. The van der Waals surface area contributed by atoms with Crippen molar-refractivity contribution in [3.05, 3.63) is 11.5 Å². The topological polar surface area (TPSA) is 43.8 Å². The minimum atomic E-state index is 0.654. The maximum Gasteiger partial charge on any atom is 0.126 e. The molecule has 1 aliphatic carbocycles. The molecular weight excluding hydrogens is 266 g/mol. The average molecular weight is 295 g/mol. The Hall–Kier alpha value is -0.640. The second-order valence-corrected chi connectivity index (χ2v) is 7.13. The zero-order valence-electron chi connectivity index (χ0n) is 13.0. The maximum absolute atomic E-state index is 6.39. The lowest BCUT2D eigenvalue weighted by Crippen LogP contribution is -2.10. The van der Waals surface area contributed by atoms with Crippen molar-refractivity contribution in [2.24, 2.45) is 0 Å². The molecule has 1 aromatic rings. The highest BCUT2D eigenvalue weighted by molar-refractivity contribution is 7.99. The van der Waals surface area contributed by atoms with E-state index in [0.717, 1.165) is 30.2 Å². The lowest BCUT2D eigenvalue weighted by molar-refractivity contribution is 0.561. The van der Waals surface area contributed by atoms with Gasteiger partial charge in [0.2, 0.25) is 0 Å². The van der Waals surface area contributed by atoms with Crippen molar-refractivity contribution in [2.75, 3.05) is 17.2 Å². The van der Waals surface area contributed by atoms with Gasteiger partial charge in [0.1, 0.15) is 11.6 Å². The Morgan fingerprint density at radius 2 is 2.05 bits per heavy atom. The van der Waals surface area contributed by atoms with Crippen molar-refractivity contribution >= 4 is 17.6 Å². The number of nitrogens with two attached hydrogens (primary N) is 1. The quantitative estimate of drug-likeness (QED) is 0.730. The van der Waals surface area contributed by atoms with Gasteiger partial charge in [0.05, 0.1) is 5.69 Å². The summed E-state index contributed by atoms with van der Waals surface area (Å²) in [4.78, 5) is 4.94. The van der Waals surface area contributed by atoms with Gasteiger partial charge < -0.3 is 10.3 Å². The van der Waals surface area contributed by atoms with E-state index in [4.69, 9.17) is 10.7 Å². The smallest absolute Gasteiger partial charge is 0.126 e. The fourth-order valence-electron chi connectivity index (χ4n) is 3.08. The first kappa shape index (κ1) is 15.7. The molecule has 114 valence electrons. The van der Waals surface area contributed by atoms with Crippen LogP contribution in [0.1, 0.15) is 69.8 Å². The van der Waals surface area contributed by atoms with Gasteiger partial charge in [0.15, 0.2) is 0 Å². The van der Waals surface area contributed by atoms with Gasteiger partial charge in [0.25, 0.3) is 0 Å². The predicted octanol–water partition coefficient (Wildman–Crippen LogP) is 4.22. The third kappa shape index (κ3) is 3.72. The summed E-state index contributed by atoms with van der Waals surface area (Å²) >= 11 is 1.97. The van der Waals surface area contributed by atoms with Gasteiger partial charge in [-0.05, 0) is 30.8 Å². The molecule has 0 spiro atoms. The van der Waals surface area contributed by atoms with Gasteiger partial charge in [-0.2, -0.15) is 11.8 Å². The van der Waals surface area contributed by atoms with Crippen molar-refractivity contribution < 1.29 is 0 Å². The van der Waals surface area contributed by atoms with Crippen LogP contribution < -0.4 is 5.73 Å². The fourth-order valence-corrected chi connectivity index (χ4v) is 3.71. The van der Waals surface area contributed by atoms with Crippen LogP contribution in [0.3, 0.4) is 0 Å². The molecule has 4 heteroatoms. The van der Waals surface area contributed by atoms with E-state index >= 15 is 0 Å². The van der Waals surface area contributed by atoms with Crippen LogP contribution in [0, 0.1) is 0 Å². The predicted molar refractivity (Wildman–Crippen MR) is 89.5 cm³/mol. The summed E-state index contributed by atoms with van der Waals surface area (Å²) in [5.41, 5.74) is 7.53. The van der Waals surface area contributed by atoms with Crippen LogP contribution in [-0.2, 0) is 13.0 Å². The van der Waals surface area contributed by atoms with Gasteiger partial charge in [0, 0.05) is 18.9 Å². The molecule has 0 saturated heterocycles. The second kappa shape index (κ2) is 7.96. The van der Waals surface area contributed by atoms with Crippen LogP contribution in [0.15, 0.2) is 0 Å². The minimum absolute atomic E-state index is 0.654. The molecule has 2 N–H and O–H groups in total. The third-order valence-corrected chi connectivity index (χ3v) is 5.16. The van der Waals surface area contributed by atoms with Crippen molar-refractivity contribution in [3.63, 3.8) is 0 Å². The fraction of sp³-hybridized carbons (Fsp3) is 0.812. The normalized spacial score (nSPS) is 16.1. The molecule has 1 aromatic heterocycles. The van der Waals surface area contributed by atoms with Gasteiger partial charge in [-0.1, -0.05) is 33.1 Å². The zero-order chi connectivity index (χ0) is 14.4. The number of hydrogen-bond acceptors (Lipinski definition) is 3. The highest BCUT2D eigenvalue weighted by atomic mass is 32.2. The Balaban J connectivity index is 2.16. The molecule has 1 fully saturated rings. The van der Waals surface area contributed by atoms with E-state index in [0.29, 0.717) is 5.92 Å². The Morgan fingerprint density at radius 3 is 2.70 bits per heavy atom. The zero-order valence-corrected chi connectivity index (χ0v) is 13.8. The molecule has 3 nitrogen and oxygen atoms in total. The minimum Gasteiger partial charge on any atom is -0.384 e. The number of anilines is 1. The molecule has 0 radical (unpaired) electrons. The largest absolute Gasteiger partial charge is 0.384 e. The summed E-state index contributed by atoms with van der Waals surface area (Å²) < 4.78 is 2.32. The molecule has 0 aliphatic heterocycles. The highest BCUT2D eigenvalue weighted by Gasteiger charge is 2.24. The van der Waals surface area contributed by atoms with E-state index in [2.05, 4.69) is 18.4 Å². The first-order chi connectivity index (χ1) is 9.77. The van der Waals surface area contributed by atoms with E-state index in [1.807, 2.05) is 11.8 Å². The summed E-state index contributed by atoms with van der Waals surface area (Å²) in [6, 6.07) is 0. The van der Waals surface area contributed by atoms with E-state index in [1.165, 1.54) is 50.1 Å². The number of nitrogen functional groups attached to an aromatic ring is 1. The standard InChI is InChI=1S/C16H29N3S/c1-3-5-11-19-15(17)14(10-12-20-4-2)18-16(19)13-8-6-7-9-13/h13H,3-12,17H2,1-2H3. The molecule has 2 rings (SSSR count). The number of imidazole rings is 1. The molecule has 0 amide bonds. The molecule has 1 saturated carbocycles. The van der Waals surface area contributed by atoms with Crippen LogP contribution in [0.4, 0.5) is 5.82 Å².